The Morgan fingerprint density at radius 1 is 1.53 bits per heavy atom. The lowest BCUT2D eigenvalue weighted by Crippen LogP contribution is -2.30. The second kappa shape index (κ2) is 5.33. The summed E-state index contributed by atoms with van der Waals surface area (Å²) in [7, 11) is 0. The van der Waals surface area contributed by atoms with E-state index in [0.717, 1.165) is 19.4 Å². The summed E-state index contributed by atoms with van der Waals surface area (Å²) in [6, 6.07) is 4.74. The fourth-order valence-corrected chi connectivity index (χ4v) is 2.09. The number of hydrogen-bond donors (Lipinski definition) is 1. The number of nitro groups is 1. The minimum atomic E-state index is -0.433. The highest BCUT2D eigenvalue weighted by Crippen LogP contribution is 2.33. The maximum absolute atomic E-state index is 10.9. The largest absolute Gasteiger partial charge is 0.379 e. The van der Waals surface area contributed by atoms with Crippen molar-refractivity contribution in [2.24, 2.45) is 0 Å². The van der Waals surface area contributed by atoms with E-state index in [1.54, 1.807) is 12.1 Å². The molecule has 2 rings (SSSR count). The smallest absolute Gasteiger partial charge is 0.293 e. The van der Waals surface area contributed by atoms with Crippen LogP contribution in [0.1, 0.15) is 12.8 Å². The van der Waals surface area contributed by atoms with Crippen LogP contribution >= 0.6 is 11.6 Å². The van der Waals surface area contributed by atoms with Gasteiger partial charge in [-0.15, -0.1) is 0 Å². The number of nitrogens with one attached hydrogen (secondary N) is 1. The fraction of sp³-hybridized carbons (Fsp3) is 0.455. The quantitative estimate of drug-likeness (QED) is 0.667. The van der Waals surface area contributed by atoms with Crippen molar-refractivity contribution in [2.75, 3.05) is 18.5 Å². The first-order chi connectivity index (χ1) is 8.18. The van der Waals surface area contributed by atoms with Gasteiger partial charge >= 0.3 is 0 Å². The molecule has 1 saturated heterocycles. The second-order valence-corrected chi connectivity index (χ2v) is 4.36. The molecule has 6 heteroatoms. The number of para-hydroxylation sites is 1. The second-order valence-electron chi connectivity index (χ2n) is 3.95. The van der Waals surface area contributed by atoms with Crippen molar-refractivity contribution in [3.8, 4) is 0 Å². The minimum Gasteiger partial charge on any atom is -0.379 e. The number of nitrogens with zero attached hydrogens (tertiary/aromatic N) is 1. The molecule has 1 N–H and O–H groups in total. The first-order valence-electron chi connectivity index (χ1n) is 5.45. The van der Waals surface area contributed by atoms with Crippen LogP contribution in [0.25, 0.3) is 0 Å². The average molecular weight is 257 g/mol. The van der Waals surface area contributed by atoms with Gasteiger partial charge in [-0.2, -0.15) is 0 Å². The molecular formula is C11H13ClN2O3. The van der Waals surface area contributed by atoms with Gasteiger partial charge < -0.3 is 10.1 Å². The molecule has 1 aliphatic rings. The normalized spacial score (nSPS) is 19.9. The van der Waals surface area contributed by atoms with Crippen LogP contribution in [0.3, 0.4) is 0 Å². The molecule has 1 aromatic rings. The van der Waals surface area contributed by atoms with Crippen LogP contribution < -0.4 is 5.32 Å². The van der Waals surface area contributed by atoms with Crippen molar-refractivity contribution in [3.63, 3.8) is 0 Å². The average Bonchev–Trinajstić information content (AvgIpc) is 2.33. The predicted molar refractivity (Wildman–Crippen MR) is 65.6 cm³/mol. The van der Waals surface area contributed by atoms with Crippen LogP contribution in [-0.4, -0.2) is 24.2 Å². The Morgan fingerprint density at radius 3 is 3.00 bits per heavy atom. The SMILES string of the molecule is O=[N+]([O-])c1cccc(Cl)c1NC1CCCOC1. The number of nitro benzene ring substituents is 1. The summed E-state index contributed by atoms with van der Waals surface area (Å²) in [5, 5.41) is 14.4. The standard InChI is InChI=1S/C11H13ClN2O3/c12-9-4-1-5-10(14(15)16)11(9)13-8-3-2-6-17-7-8/h1,4-5,8,13H,2-3,6-7H2. The molecule has 1 atom stereocenters. The van der Waals surface area contributed by atoms with Crippen molar-refractivity contribution in [1.29, 1.82) is 0 Å². The molecule has 1 fully saturated rings. The Balaban J connectivity index is 2.21. The summed E-state index contributed by atoms with van der Waals surface area (Å²) in [6.07, 6.45) is 1.89. The first kappa shape index (κ1) is 12.1. The Hall–Kier alpha value is -1.33. The number of hydrogen-bond acceptors (Lipinski definition) is 4. The van der Waals surface area contributed by atoms with Gasteiger partial charge in [-0.1, -0.05) is 17.7 Å². The van der Waals surface area contributed by atoms with E-state index in [0.29, 0.717) is 17.3 Å². The van der Waals surface area contributed by atoms with E-state index in [4.69, 9.17) is 16.3 Å². The van der Waals surface area contributed by atoms with E-state index in [1.807, 2.05) is 0 Å². The summed E-state index contributed by atoms with van der Waals surface area (Å²) in [6.45, 7) is 1.31. The number of rotatable bonds is 3. The Bertz CT molecular complexity index is 419. The number of benzene rings is 1. The number of anilines is 1. The number of halogens is 1. The summed E-state index contributed by atoms with van der Waals surface area (Å²) < 4.78 is 5.32. The molecule has 0 amide bonds. The molecule has 5 nitrogen and oxygen atoms in total. The van der Waals surface area contributed by atoms with Gasteiger partial charge in [0.2, 0.25) is 0 Å². The van der Waals surface area contributed by atoms with Crippen LogP contribution in [0.4, 0.5) is 11.4 Å². The molecule has 0 radical (unpaired) electrons. The first-order valence-corrected chi connectivity index (χ1v) is 5.83. The van der Waals surface area contributed by atoms with E-state index in [9.17, 15) is 10.1 Å². The van der Waals surface area contributed by atoms with Crippen molar-refractivity contribution in [3.05, 3.63) is 33.3 Å². The van der Waals surface area contributed by atoms with Gasteiger partial charge in [0.1, 0.15) is 5.69 Å². The summed E-state index contributed by atoms with van der Waals surface area (Å²) in [4.78, 5) is 10.5. The maximum Gasteiger partial charge on any atom is 0.293 e. The van der Waals surface area contributed by atoms with Gasteiger partial charge in [0.15, 0.2) is 0 Å². The molecule has 1 heterocycles. The van der Waals surface area contributed by atoms with Gasteiger partial charge in [-0.05, 0) is 18.9 Å². The lowest BCUT2D eigenvalue weighted by Gasteiger charge is -2.24. The molecule has 92 valence electrons. The molecule has 0 spiro atoms. The zero-order valence-electron chi connectivity index (χ0n) is 9.19. The maximum atomic E-state index is 10.9. The third-order valence-corrected chi connectivity index (χ3v) is 3.01. The van der Waals surface area contributed by atoms with Crippen LogP contribution in [0.2, 0.25) is 5.02 Å². The zero-order chi connectivity index (χ0) is 12.3. The van der Waals surface area contributed by atoms with Crippen LogP contribution in [0.5, 0.6) is 0 Å². The monoisotopic (exact) mass is 256 g/mol. The van der Waals surface area contributed by atoms with E-state index in [-0.39, 0.29) is 11.7 Å². The van der Waals surface area contributed by atoms with Crippen LogP contribution in [0, 0.1) is 10.1 Å². The van der Waals surface area contributed by atoms with E-state index < -0.39 is 4.92 Å². The molecule has 0 bridgehead atoms. The number of ether oxygens (including phenoxy) is 1. The van der Waals surface area contributed by atoms with Crippen molar-refractivity contribution in [2.45, 2.75) is 18.9 Å². The molecule has 1 aromatic carbocycles. The van der Waals surface area contributed by atoms with Crippen LogP contribution in [-0.2, 0) is 4.74 Å². The Morgan fingerprint density at radius 2 is 2.35 bits per heavy atom. The van der Waals surface area contributed by atoms with E-state index in [2.05, 4.69) is 5.32 Å². The van der Waals surface area contributed by atoms with Crippen molar-refractivity contribution in [1.82, 2.24) is 0 Å². The van der Waals surface area contributed by atoms with E-state index in [1.165, 1.54) is 6.07 Å². The highest BCUT2D eigenvalue weighted by atomic mass is 35.5. The van der Waals surface area contributed by atoms with Crippen molar-refractivity contribution >= 4 is 23.0 Å². The Labute approximate surface area is 104 Å². The third kappa shape index (κ3) is 2.87. The molecule has 1 aliphatic heterocycles. The molecule has 0 aliphatic carbocycles. The Kier molecular flexibility index (Phi) is 3.81. The molecule has 0 aromatic heterocycles. The van der Waals surface area contributed by atoms with Crippen LogP contribution in [0.15, 0.2) is 18.2 Å². The predicted octanol–water partition coefficient (Wildman–Crippen LogP) is 2.84. The summed E-state index contributed by atoms with van der Waals surface area (Å²) in [5.41, 5.74) is 0.387. The lowest BCUT2D eigenvalue weighted by atomic mass is 10.1. The van der Waals surface area contributed by atoms with E-state index >= 15 is 0 Å². The van der Waals surface area contributed by atoms with Gasteiger partial charge in [0, 0.05) is 18.7 Å². The highest BCUT2D eigenvalue weighted by Gasteiger charge is 2.21. The topological polar surface area (TPSA) is 64.4 Å². The van der Waals surface area contributed by atoms with Gasteiger partial charge in [0.05, 0.1) is 16.6 Å². The van der Waals surface area contributed by atoms with Gasteiger partial charge in [-0.3, -0.25) is 10.1 Å². The van der Waals surface area contributed by atoms with Gasteiger partial charge in [0.25, 0.3) is 5.69 Å². The zero-order valence-corrected chi connectivity index (χ0v) is 9.94. The summed E-state index contributed by atoms with van der Waals surface area (Å²) in [5.74, 6) is 0. The molecule has 17 heavy (non-hydrogen) atoms. The van der Waals surface area contributed by atoms with Gasteiger partial charge in [-0.25, -0.2) is 0 Å². The minimum absolute atomic E-state index is 0.00285. The third-order valence-electron chi connectivity index (χ3n) is 2.70. The van der Waals surface area contributed by atoms with Crippen molar-refractivity contribution < 1.29 is 9.66 Å². The molecule has 1 unspecified atom stereocenters. The molecular weight excluding hydrogens is 244 g/mol. The highest BCUT2D eigenvalue weighted by molar-refractivity contribution is 6.33. The summed E-state index contributed by atoms with van der Waals surface area (Å²) >= 11 is 5.98. The lowest BCUT2D eigenvalue weighted by molar-refractivity contribution is -0.384. The molecule has 0 saturated carbocycles. The fourth-order valence-electron chi connectivity index (χ4n) is 1.87.